The molecule has 1 heterocycles. The van der Waals surface area contributed by atoms with Crippen molar-refractivity contribution in [3.8, 4) is 0 Å². The lowest BCUT2D eigenvalue weighted by Gasteiger charge is -2.29. The van der Waals surface area contributed by atoms with Crippen LogP contribution in [0.2, 0.25) is 10.0 Å². The van der Waals surface area contributed by atoms with E-state index in [2.05, 4.69) is 17.1 Å². The molecule has 6 heteroatoms. The zero-order valence-electron chi connectivity index (χ0n) is 12.1. The molecule has 1 atom stereocenters. The van der Waals surface area contributed by atoms with Crippen LogP contribution in [-0.2, 0) is 4.74 Å². The van der Waals surface area contributed by atoms with E-state index in [4.69, 9.17) is 27.9 Å². The van der Waals surface area contributed by atoms with E-state index < -0.39 is 0 Å². The average Bonchev–Trinajstić information content (AvgIpc) is 2.48. The van der Waals surface area contributed by atoms with E-state index in [1.807, 2.05) is 0 Å². The van der Waals surface area contributed by atoms with Crippen LogP contribution in [0.1, 0.15) is 17.3 Å². The molecule has 1 unspecified atom stereocenters. The second-order valence-corrected chi connectivity index (χ2v) is 6.17. The van der Waals surface area contributed by atoms with E-state index in [0.29, 0.717) is 28.1 Å². The Kier molecular flexibility index (Phi) is 6.30. The SMILES string of the molecule is CC(CNC(=O)c1ccc(Cl)c(Cl)c1)CN1CCOCC1. The summed E-state index contributed by atoms with van der Waals surface area (Å²) in [5, 5.41) is 3.78. The van der Waals surface area contributed by atoms with Gasteiger partial charge in [-0.15, -0.1) is 0 Å². The smallest absolute Gasteiger partial charge is 0.251 e. The van der Waals surface area contributed by atoms with Crippen molar-refractivity contribution < 1.29 is 9.53 Å². The number of benzene rings is 1. The molecule has 0 aliphatic carbocycles. The van der Waals surface area contributed by atoms with Gasteiger partial charge in [-0.1, -0.05) is 30.1 Å². The Hall–Kier alpha value is -0.810. The second kappa shape index (κ2) is 7.99. The van der Waals surface area contributed by atoms with E-state index in [-0.39, 0.29) is 5.91 Å². The molecule has 1 aliphatic heterocycles. The van der Waals surface area contributed by atoms with Crippen LogP contribution in [-0.4, -0.2) is 50.2 Å². The summed E-state index contributed by atoms with van der Waals surface area (Å²) in [6, 6.07) is 4.90. The number of carbonyl (C=O) groups is 1. The summed E-state index contributed by atoms with van der Waals surface area (Å²) in [6.07, 6.45) is 0. The molecule has 1 aromatic carbocycles. The van der Waals surface area contributed by atoms with Gasteiger partial charge < -0.3 is 10.1 Å². The minimum absolute atomic E-state index is 0.123. The number of nitrogens with zero attached hydrogens (tertiary/aromatic N) is 1. The zero-order valence-corrected chi connectivity index (χ0v) is 13.6. The number of nitrogens with one attached hydrogen (secondary N) is 1. The Morgan fingerprint density at radius 2 is 2.05 bits per heavy atom. The topological polar surface area (TPSA) is 41.6 Å². The lowest BCUT2D eigenvalue weighted by molar-refractivity contribution is 0.0317. The van der Waals surface area contributed by atoms with Crippen molar-refractivity contribution in [2.24, 2.45) is 5.92 Å². The molecule has 0 bridgehead atoms. The fourth-order valence-electron chi connectivity index (χ4n) is 2.30. The quantitative estimate of drug-likeness (QED) is 0.902. The first kappa shape index (κ1) is 16.6. The van der Waals surface area contributed by atoms with Crippen molar-refractivity contribution in [3.63, 3.8) is 0 Å². The second-order valence-electron chi connectivity index (χ2n) is 5.36. The Morgan fingerprint density at radius 1 is 1.33 bits per heavy atom. The average molecular weight is 331 g/mol. The van der Waals surface area contributed by atoms with Gasteiger partial charge in [0.15, 0.2) is 0 Å². The minimum atomic E-state index is -0.123. The summed E-state index contributed by atoms with van der Waals surface area (Å²) >= 11 is 11.8. The highest BCUT2D eigenvalue weighted by Crippen LogP contribution is 2.22. The highest BCUT2D eigenvalue weighted by molar-refractivity contribution is 6.42. The molecule has 4 nitrogen and oxygen atoms in total. The molecule has 1 fully saturated rings. The minimum Gasteiger partial charge on any atom is -0.379 e. The van der Waals surface area contributed by atoms with Gasteiger partial charge in [0.1, 0.15) is 0 Å². The van der Waals surface area contributed by atoms with Gasteiger partial charge in [-0.25, -0.2) is 0 Å². The molecule has 21 heavy (non-hydrogen) atoms. The Balaban J connectivity index is 1.78. The molecule has 1 N–H and O–H groups in total. The van der Waals surface area contributed by atoms with E-state index in [1.54, 1.807) is 18.2 Å². The Morgan fingerprint density at radius 3 is 2.71 bits per heavy atom. The number of ether oxygens (including phenoxy) is 1. The molecular weight excluding hydrogens is 311 g/mol. The van der Waals surface area contributed by atoms with Gasteiger partial charge in [0.25, 0.3) is 5.91 Å². The van der Waals surface area contributed by atoms with Crippen molar-refractivity contribution in [1.29, 1.82) is 0 Å². The monoisotopic (exact) mass is 330 g/mol. The van der Waals surface area contributed by atoms with E-state index >= 15 is 0 Å². The molecule has 0 radical (unpaired) electrons. The highest BCUT2D eigenvalue weighted by atomic mass is 35.5. The largest absolute Gasteiger partial charge is 0.379 e. The summed E-state index contributed by atoms with van der Waals surface area (Å²) in [6.45, 7) is 7.24. The summed E-state index contributed by atoms with van der Waals surface area (Å²) in [5.41, 5.74) is 0.531. The van der Waals surface area contributed by atoms with Gasteiger partial charge in [-0.05, 0) is 24.1 Å². The van der Waals surface area contributed by atoms with Gasteiger partial charge in [0.2, 0.25) is 0 Å². The van der Waals surface area contributed by atoms with Crippen molar-refractivity contribution >= 4 is 29.1 Å². The number of amides is 1. The van der Waals surface area contributed by atoms with Gasteiger partial charge in [-0.2, -0.15) is 0 Å². The van der Waals surface area contributed by atoms with Crippen molar-refractivity contribution in [1.82, 2.24) is 10.2 Å². The van der Waals surface area contributed by atoms with Crippen molar-refractivity contribution in [3.05, 3.63) is 33.8 Å². The Bertz CT molecular complexity index is 491. The van der Waals surface area contributed by atoms with Gasteiger partial charge in [-0.3, -0.25) is 9.69 Å². The molecule has 2 rings (SSSR count). The molecule has 1 aliphatic rings. The lowest BCUT2D eigenvalue weighted by Crippen LogP contribution is -2.41. The van der Waals surface area contributed by atoms with Crippen LogP contribution in [0.4, 0.5) is 0 Å². The van der Waals surface area contributed by atoms with Gasteiger partial charge >= 0.3 is 0 Å². The lowest BCUT2D eigenvalue weighted by atomic mass is 10.1. The third-order valence-electron chi connectivity index (χ3n) is 3.47. The van der Waals surface area contributed by atoms with E-state index in [1.165, 1.54) is 0 Å². The van der Waals surface area contributed by atoms with Crippen LogP contribution in [0.5, 0.6) is 0 Å². The highest BCUT2D eigenvalue weighted by Gasteiger charge is 2.15. The van der Waals surface area contributed by atoms with Crippen molar-refractivity contribution in [2.45, 2.75) is 6.92 Å². The third-order valence-corrected chi connectivity index (χ3v) is 4.21. The van der Waals surface area contributed by atoms with Crippen LogP contribution in [0, 0.1) is 5.92 Å². The number of morpholine rings is 1. The van der Waals surface area contributed by atoms with Crippen LogP contribution in [0.15, 0.2) is 18.2 Å². The fourth-order valence-corrected chi connectivity index (χ4v) is 2.59. The summed E-state index contributed by atoms with van der Waals surface area (Å²) in [5.74, 6) is 0.261. The normalized spacial score (nSPS) is 17.5. The maximum atomic E-state index is 12.1. The molecule has 0 saturated carbocycles. The molecular formula is C15H20Cl2N2O2. The van der Waals surface area contributed by atoms with Gasteiger partial charge in [0, 0.05) is 31.7 Å². The molecule has 0 aromatic heterocycles. The fraction of sp³-hybridized carbons (Fsp3) is 0.533. The van der Waals surface area contributed by atoms with Crippen LogP contribution < -0.4 is 5.32 Å². The van der Waals surface area contributed by atoms with Crippen LogP contribution >= 0.6 is 23.2 Å². The number of hydrogen-bond acceptors (Lipinski definition) is 3. The summed E-state index contributed by atoms with van der Waals surface area (Å²) in [7, 11) is 0. The maximum Gasteiger partial charge on any atom is 0.251 e. The third kappa shape index (κ3) is 5.15. The van der Waals surface area contributed by atoms with Crippen molar-refractivity contribution in [2.75, 3.05) is 39.4 Å². The number of hydrogen-bond donors (Lipinski definition) is 1. The number of halogens is 2. The first-order valence-corrected chi connectivity index (χ1v) is 7.85. The maximum absolute atomic E-state index is 12.1. The predicted octanol–water partition coefficient (Wildman–Crippen LogP) is 2.69. The van der Waals surface area contributed by atoms with Crippen LogP contribution in [0.3, 0.4) is 0 Å². The van der Waals surface area contributed by atoms with E-state index in [0.717, 1.165) is 32.8 Å². The van der Waals surface area contributed by atoms with Crippen LogP contribution in [0.25, 0.3) is 0 Å². The summed E-state index contributed by atoms with van der Waals surface area (Å²) < 4.78 is 5.32. The molecule has 1 aromatic rings. The zero-order chi connectivity index (χ0) is 15.2. The molecule has 1 amide bonds. The first-order chi connectivity index (χ1) is 10.1. The summed E-state index contributed by atoms with van der Waals surface area (Å²) in [4.78, 5) is 14.4. The number of carbonyl (C=O) groups excluding carboxylic acids is 1. The molecule has 116 valence electrons. The first-order valence-electron chi connectivity index (χ1n) is 7.09. The number of rotatable bonds is 5. The Labute approximate surface area is 135 Å². The van der Waals surface area contributed by atoms with Gasteiger partial charge in [0.05, 0.1) is 23.3 Å². The van der Waals surface area contributed by atoms with E-state index in [9.17, 15) is 4.79 Å². The predicted molar refractivity (Wildman–Crippen MR) is 85.2 cm³/mol. The molecule has 0 spiro atoms. The standard InChI is InChI=1S/C15H20Cl2N2O2/c1-11(10-19-4-6-21-7-5-19)9-18-15(20)12-2-3-13(16)14(17)8-12/h2-3,8,11H,4-7,9-10H2,1H3,(H,18,20). The molecule has 1 saturated heterocycles.